The molecule has 1 unspecified atom stereocenters. The number of aromatic nitrogens is 3. The number of aryl methyl sites for hydroxylation is 1. The SMILES string of the molecule is [2H]C([2H])(OC1=C(Cl)C(O)N(c2cc(-c3csc(C(C)(C)C(=O)NC)n3)ncc2C)C(C)=C1)c1ncc(F)cc1F. The lowest BCUT2D eigenvalue weighted by Crippen LogP contribution is -2.38. The minimum atomic E-state index is -2.82. The zero-order valence-corrected chi connectivity index (χ0v) is 22.7. The largest absolute Gasteiger partial charge is 0.486 e. The van der Waals surface area contributed by atoms with Gasteiger partial charge in [0.2, 0.25) is 5.91 Å². The maximum absolute atomic E-state index is 14.2. The summed E-state index contributed by atoms with van der Waals surface area (Å²) < 4.78 is 49.1. The number of amides is 1. The standard InChI is InChI=1S/C26H26ClF2N5O3S/c1-13-9-31-17(19-12-38-25(33-19)26(3,4)24(36)30-5)8-20(13)34-14(2)6-21(22(27)23(34)35)37-11-18-16(29)7-15(28)10-32-18/h6-10,12,23,35H,11H2,1-5H3,(H,30,36)/i11D2. The van der Waals surface area contributed by atoms with Crippen LogP contribution in [0.25, 0.3) is 11.4 Å². The molecule has 0 aromatic carbocycles. The third kappa shape index (κ3) is 5.27. The van der Waals surface area contributed by atoms with E-state index in [1.54, 1.807) is 52.4 Å². The lowest BCUT2D eigenvalue weighted by Gasteiger charge is -2.35. The van der Waals surface area contributed by atoms with E-state index in [0.717, 1.165) is 0 Å². The van der Waals surface area contributed by atoms with E-state index < -0.39 is 35.5 Å². The Hall–Kier alpha value is -3.41. The average Bonchev–Trinajstić information content (AvgIpc) is 3.38. The minimum absolute atomic E-state index is 0.176. The Bertz CT molecular complexity index is 1550. The van der Waals surface area contributed by atoms with E-state index in [2.05, 4.69) is 20.3 Å². The van der Waals surface area contributed by atoms with Gasteiger partial charge in [0.1, 0.15) is 33.9 Å². The number of anilines is 1. The zero-order valence-electron chi connectivity index (χ0n) is 23.1. The summed E-state index contributed by atoms with van der Waals surface area (Å²) in [4.78, 5) is 26.4. The average molecular weight is 564 g/mol. The van der Waals surface area contributed by atoms with Crippen molar-refractivity contribution in [2.75, 3.05) is 11.9 Å². The van der Waals surface area contributed by atoms with Crippen LogP contribution in [0.5, 0.6) is 0 Å². The maximum atomic E-state index is 14.2. The van der Waals surface area contributed by atoms with E-state index in [1.165, 1.54) is 22.3 Å². The summed E-state index contributed by atoms with van der Waals surface area (Å²) in [5.74, 6) is -2.62. The van der Waals surface area contributed by atoms with Crippen molar-refractivity contribution in [2.45, 2.75) is 45.9 Å². The van der Waals surface area contributed by atoms with Crippen molar-refractivity contribution in [3.05, 3.63) is 80.4 Å². The number of hydrogen-bond acceptors (Lipinski definition) is 8. The number of thiazole rings is 1. The van der Waals surface area contributed by atoms with Crippen LogP contribution in [0.1, 0.15) is 39.8 Å². The number of ether oxygens (including phenoxy) is 1. The molecule has 200 valence electrons. The summed E-state index contributed by atoms with van der Waals surface area (Å²) in [6.45, 7) is 4.17. The van der Waals surface area contributed by atoms with Crippen LogP contribution >= 0.6 is 22.9 Å². The number of nitrogens with one attached hydrogen (secondary N) is 1. The summed E-state index contributed by atoms with van der Waals surface area (Å²) in [7, 11) is 1.56. The normalized spacial score (nSPS) is 17.1. The van der Waals surface area contributed by atoms with E-state index in [9.17, 15) is 18.7 Å². The highest BCUT2D eigenvalue weighted by atomic mass is 35.5. The fourth-order valence-corrected chi connectivity index (χ4v) is 4.88. The smallest absolute Gasteiger partial charge is 0.232 e. The Morgan fingerprint density at radius 1 is 1.29 bits per heavy atom. The van der Waals surface area contributed by atoms with Gasteiger partial charge in [-0.15, -0.1) is 11.3 Å². The third-order valence-corrected chi connectivity index (χ3v) is 7.47. The molecule has 4 rings (SSSR count). The van der Waals surface area contributed by atoms with Gasteiger partial charge in [0.25, 0.3) is 0 Å². The Balaban J connectivity index is 1.65. The molecule has 1 atom stereocenters. The molecule has 3 aromatic rings. The first-order chi connectivity index (χ1) is 18.7. The van der Waals surface area contributed by atoms with Gasteiger partial charge in [-0.3, -0.25) is 14.8 Å². The van der Waals surface area contributed by atoms with Crippen LogP contribution < -0.4 is 10.2 Å². The van der Waals surface area contributed by atoms with Crippen molar-refractivity contribution in [1.29, 1.82) is 0 Å². The van der Waals surface area contributed by atoms with Crippen molar-refractivity contribution >= 4 is 34.5 Å². The van der Waals surface area contributed by atoms with Crippen LogP contribution in [-0.2, 0) is 21.5 Å². The van der Waals surface area contributed by atoms with Crippen LogP contribution in [-0.4, -0.2) is 39.2 Å². The number of pyridine rings is 2. The predicted octanol–water partition coefficient (Wildman–Crippen LogP) is 4.92. The van der Waals surface area contributed by atoms with E-state index in [1.807, 2.05) is 0 Å². The Labute approximate surface area is 230 Å². The monoisotopic (exact) mass is 563 g/mol. The summed E-state index contributed by atoms with van der Waals surface area (Å²) >= 11 is 7.75. The van der Waals surface area contributed by atoms with Gasteiger partial charge in [0.05, 0.1) is 31.4 Å². The lowest BCUT2D eigenvalue weighted by molar-refractivity contribution is -0.125. The highest BCUT2D eigenvalue weighted by molar-refractivity contribution is 7.10. The second kappa shape index (κ2) is 10.8. The molecule has 3 aromatic heterocycles. The number of carbonyl (C=O) groups excluding carboxylic acids is 1. The fraction of sp³-hybridized carbons (Fsp3) is 0.308. The summed E-state index contributed by atoms with van der Waals surface area (Å²) in [5, 5.41) is 15.9. The molecule has 1 amide bonds. The van der Waals surface area contributed by atoms with Gasteiger partial charge in [0.15, 0.2) is 12.0 Å². The summed E-state index contributed by atoms with van der Waals surface area (Å²) in [6, 6.07) is 2.21. The molecule has 38 heavy (non-hydrogen) atoms. The number of allylic oxidation sites excluding steroid dienone is 2. The van der Waals surface area contributed by atoms with Crippen molar-refractivity contribution in [3.63, 3.8) is 0 Å². The Kier molecular flexibility index (Phi) is 7.05. The number of hydrogen-bond donors (Lipinski definition) is 2. The molecular weight excluding hydrogens is 536 g/mol. The first-order valence-corrected chi connectivity index (χ1v) is 12.6. The maximum Gasteiger partial charge on any atom is 0.232 e. The quantitative estimate of drug-likeness (QED) is 0.421. The zero-order chi connectivity index (χ0) is 29.6. The van der Waals surface area contributed by atoms with Crippen LogP contribution in [0.15, 0.2) is 52.5 Å². The van der Waals surface area contributed by atoms with Gasteiger partial charge in [-0.25, -0.2) is 13.8 Å². The molecule has 2 N–H and O–H groups in total. The van der Waals surface area contributed by atoms with Crippen molar-refractivity contribution in [1.82, 2.24) is 20.3 Å². The third-order valence-electron chi connectivity index (χ3n) is 5.92. The first-order valence-electron chi connectivity index (χ1n) is 12.4. The number of nitrogens with zero attached hydrogens (tertiary/aromatic N) is 4. The number of likely N-dealkylation sites (N-methyl/N-ethyl adjacent to an activating group) is 1. The van der Waals surface area contributed by atoms with E-state index in [4.69, 9.17) is 19.1 Å². The molecule has 0 fully saturated rings. The van der Waals surface area contributed by atoms with E-state index in [0.29, 0.717) is 45.6 Å². The molecule has 1 aliphatic rings. The number of carbonyl (C=O) groups is 1. The molecule has 12 heteroatoms. The topological polar surface area (TPSA) is 100 Å². The van der Waals surface area contributed by atoms with Gasteiger partial charge < -0.3 is 20.1 Å². The van der Waals surface area contributed by atoms with Gasteiger partial charge in [-0.05, 0) is 39.3 Å². The second-order valence-electron chi connectivity index (χ2n) is 9.03. The molecule has 0 saturated heterocycles. The minimum Gasteiger partial charge on any atom is -0.486 e. The highest BCUT2D eigenvalue weighted by Gasteiger charge is 2.33. The molecule has 0 bridgehead atoms. The first kappa shape index (κ1) is 24.9. The van der Waals surface area contributed by atoms with E-state index in [-0.39, 0.29) is 16.7 Å². The lowest BCUT2D eigenvalue weighted by atomic mass is 9.93. The van der Waals surface area contributed by atoms with Gasteiger partial charge >= 0.3 is 0 Å². The Morgan fingerprint density at radius 3 is 2.71 bits per heavy atom. The van der Waals surface area contributed by atoms with Crippen molar-refractivity contribution in [2.24, 2.45) is 0 Å². The van der Waals surface area contributed by atoms with Crippen molar-refractivity contribution in [3.8, 4) is 11.4 Å². The molecule has 1 aliphatic heterocycles. The van der Waals surface area contributed by atoms with Crippen LogP contribution in [0.2, 0.25) is 0 Å². The van der Waals surface area contributed by atoms with Gasteiger partial charge in [0, 0.05) is 36.5 Å². The predicted molar refractivity (Wildman–Crippen MR) is 141 cm³/mol. The number of aliphatic hydroxyl groups is 1. The van der Waals surface area contributed by atoms with Crippen molar-refractivity contribution < 1.29 is 26.2 Å². The molecule has 0 spiro atoms. The fourth-order valence-electron chi connectivity index (χ4n) is 3.76. The van der Waals surface area contributed by atoms with Gasteiger partial charge in [-0.1, -0.05) is 11.6 Å². The molecule has 0 aliphatic carbocycles. The highest BCUT2D eigenvalue weighted by Crippen LogP contribution is 2.37. The van der Waals surface area contributed by atoms with Crippen LogP contribution in [0.4, 0.5) is 14.5 Å². The summed E-state index contributed by atoms with van der Waals surface area (Å²) in [6.07, 6.45) is 2.18. The van der Waals surface area contributed by atoms with Gasteiger partial charge in [-0.2, -0.15) is 0 Å². The second-order valence-corrected chi connectivity index (χ2v) is 10.3. The molecule has 8 nitrogen and oxygen atoms in total. The summed E-state index contributed by atoms with van der Waals surface area (Å²) in [5.41, 5.74) is 1.07. The van der Waals surface area contributed by atoms with Crippen LogP contribution in [0, 0.1) is 18.6 Å². The molecule has 0 radical (unpaired) electrons. The van der Waals surface area contributed by atoms with Crippen LogP contribution in [0.3, 0.4) is 0 Å². The van der Waals surface area contributed by atoms with E-state index >= 15 is 0 Å². The molecule has 0 saturated carbocycles. The molecular formula is C26H26ClF2N5O3S. The Morgan fingerprint density at radius 2 is 2.03 bits per heavy atom. The molecule has 4 heterocycles. The number of rotatable bonds is 7. The number of halogens is 3. The number of aliphatic hydroxyl groups excluding tert-OH is 1.